The van der Waals surface area contributed by atoms with Gasteiger partial charge in [-0.05, 0) is 31.5 Å². The first-order valence-electron chi connectivity index (χ1n) is 7.87. The molecule has 0 aromatic heterocycles. The minimum atomic E-state index is 0.0752. The Balaban J connectivity index is 2.08. The average molecular weight is 306 g/mol. The zero-order chi connectivity index (χ0) is 15.9. The normalized spacial score (nSPS) is 18.5. The lowest BCUT2D eigenvalue weighted by atomic mass is 10.0. The van der Waals surface area contributed by atoms with Crippen molar-refractivity contribution < 1.29 is 14.3 Å². The predicted octanol–water partition coefficient (Wildman–Crippen LogP) is 1.98. The van der Waals surface area contributed by atoms with Crippen molar-refractivity contribution >= 4 is 5.91 Å². The number of piperazine rings is 1. The first-order valence-corrected chi connectivity index (χ1v) is 7.87. The lowest BCUT2D eigenvalue weighted by molar-refractivity contribution is -0.135. The highest BCUT2D eigenvalue weighted by Gasteiger charge is 2.27. The molecule has 1 aliphatic rings. The molecule has 5 heteroatoms. The van der Waals surface area contributed by atoms with Crippen molar-refractivity contribution in [2.45, 2.75) is 32.4 Å². The van der Waals surface area contributed by atoms with Crippen molar-refractivity contribution in [3.8, 4) is 5.75 Å². The molecule has 1 saturated heterocycles. The summed E-state index contributed by atoms with van der Waals surface area (Å²) in [4.78, 5) is 14.3. The fourth-order valence-corrected chi connectivity index (χ4v) is 2.67. The summed E-state index contributed by atoms with van der Waals surface area (Å²) >= 11 is 0. The van der Waals surface area contributed by atoms with E-state index >= 15 is 0 Å². The monoisotopic (exact) mass is 306 g/mol. The highest BCUT2D eigenvalue weighted by atomic mass is 16.5. The van der Waals surface area contributed by atoms with Gasteiger partial charge in [0, 0.05) is 26.7 Å². The van der Waals surface area contributed by atoms with Crippen LogP contribution in [-0.2, 0) is 9.53 Å². The summed E-state index contributed by atoms with van der Waals surface area (Å²) in [5, 5.41) is 3.36. The van der Waals surface area contributed by atoms with Crippen LogP contribution in [0.4, 0.5) is 0 Å². The Kier molecular flexibility index (Phi) is 6.21. The van der Waals surface area contributed by atoms with Gasteiger partial charge in [0.25, 0.3) is 0 Å². The number of nitrogens with zero attached hydrogens (tertiary/aromatic N) is 1. The van der Waals surface area contributed by atoms with Crippen molar-refractivity contribution in [3.05, 3.63) is 29.8 Å². The SMILES string of the molecule is COCCC(=O)N1CCNCC1c1ccc(OC(C)C)cc1. The smallest absolute Gasteiger partial charge is 0.225 e. The van der Waals surface area contributed by atoms with Crippen LogP contribution in [0.25, 0.3) is 0 Å². The molecule has 2 rings (SSSR count). The number of rotatable bonds is 6. The van der Waals surface area contributed by atoms with Gasteiger partial charge in [-0.15, -0.1) is 0 Å². The van der Waals surface area contributed by atoms with Crippen LogP contribution in [0.15, 0.2) is 24.3 Å². The number of ether oxygens (including phenoxy) is 2. The van der Waals surface area contributed by atoms with E-state index in [-0.39, 0.29) is 18.1 Å². The summed E-state index contributed by atoms with van der Waals surface area (Å²) in [6.07, 6.45) is 0.593. The molecule has 1 atom stereocenters. The maximum absolute atomic E-state index is 12.3. The number of nitrogens with one attached hydrogen (secondary N) is 1. The molecule has 1 amide bonds. The minimum absolute atomic E-state index is 0.0752. The molecule has 0 saturated carbocycles. The third-order valence-corrected chi connectivity index (χ3v) is 3.72. The van der Waals surface area contributed by atoms with Gasteiger partial charge in [-0.1, -0.05) is 12.1 Å². The first kappa shape index (κ1) is 16.8. The first-order chi connectivity index (χ1) is 10.6. The van der Waals surface area contributed by atoms with E-state index in [2.05, 4.69) is 5.32 Å². The number of amides is 1. The molecule has 1 unspecified atom stereocenters. The molecular weight excluding hydrogens is 280 g/mol. The summed E-state index contributed by atoms with van der Waals surface area (Å²) < 4.78 is 10.7. The van der Waals surface area contributed by atoms with E-state index in [1.54, 1.807) is 7.11 Å². The minimum Gasteiger partial charge on any atom is -0.491 e. The molecule has 1 fully saturated rings. The van der Waals surface area contributed by atoms with E-state index < -0.39 is 0 Å². The zero-order valence-corrected chi connectivity index (χ0v) is 13.7. The van der Waals surface area contributed by atoms with Gasteiger partial charge in [-0.3, -0.25) is 4.79 Å². The predicted molar refractivity (Wildman–Crippen MR) is 86.0 cm³/mol. The highest BCUT2D eigenvalue weighted by molar-refractivity contribution is 5.77. The molecule has 0 radical (unpaired) electrons. The zero-order valence-electron chi connectivity index (χ0n) is 13.7. The van der Waals surface area contributed by atoms with Gasteiger partial charge in [0.05, 0.1) is 25.2 Å². The number of hydrogen-bond acceptors (Lipinski definition) is 4. The summed E-state index contributed by atoms with van der Waals surface area (Å²) in [6, 6.07) is 8.12. The standard InChI is InChI=1S/C17H26N2O3/c1-13(2)22-15-6-4-14(5-7-15)16-12-18-9-10-19(16)17(20)8-11-21-3/h4-7,13,16,18H,8-12H2,1-3H3. The van der Waals surface area contributed by atoms with Crippen LogP contribution >= 0.6 is 0 Å². The molecule has 5 nitrogen and oxygen atoms in total. The fraction of sp³-hybridized carbons (Fsp3) is 0.588. The topological polar surface area (TPSA) is 50.8 Å². The Morgan fingerprint density at radius 1 is 1.36 bits per heavy atom. The second kappa shape index (κ2) is 8.15. The van der Waals surface area contributed by atoms with E-state index in [1.807, 2.05) is 43.0 Å². The van der Waals surface area contributed by atoms with Crippen molar-refractivity contribution in [1.29, 1.82) is 0 Å². The average Bonchev–Trinajstić information content (AvgIpc) is 2.53. The number of benzene rings is 1. The van der Waals surface area contributed by atoms with Crippen molar-refractivity contribution in [3.63, 3.8) is 0 Å². The van der Waals surface area contributed by atoms with Crippen LogP contribution in [0.2, 0.25) is 0 Å². The molecule has 0 bridgehead atoms. The molecular formula is C17H26N2O3. The van der Waals surface area contributed by atoms with Crippen LogP contribution in [0.5, 0.6) is 5.75 Å². The van der Waals surface area contributed by atoms with Crippen LogP contribution in [-0.4, -0.2) is 50.3 Å². The Morgan fingerprint density at radius 3 is 2.73 bits per heavy atom. The van der Waals surface area contributed by atoms with Crippen LogP contribution in [0, 0.1) is 0 Å². The van der Waals surface area contributed by atoms with E-state index in [0.717, 1.165) is 30.9 Å². The molecule has 0 spiro atoms. The molecule has 1 aromatic carbocycles. The van der Waals surface area contributed by atoms with Gasteiger partial charge in [0.1, 0.15) is 5.75 Å². The second-order valence-corrected chi connectivity index (χ2v) is 5.79. The molecule has 22 heavy (non-hydrogen) atoms. The van der Waals surface area contributed by atoms with E-state index in [9.17, 15) is 4.79 Å². The second-order valence-electron chi connectivity index (χ2n) is 5.79. The van der Waals surface area contributed by atoms with Gasteiger partial charge in [-0.2, -0.15) is 0 Å². The van der Waals surface area contributed by atoms with E-state index in [4.69, 9.17) is 9.47 Å². The van der Waals surface area contributed by atoms with Crippen LogP contribution in [0.3, 0.4) is 0 Å². The summed E-state index contributed by atoms with van der Waals surface area (Å²) in [7, 11) is 1.62. The molecule has 0 aliphatic carbocycles. The molecule has 1 N–H and O–H groups in total. The Hall–Kier alpha value is -1.59. The third kappa shape index (κ3) is 4.45. The maximum Gasteiger partial charge on any atom is 0.225 e. The van der Waals surface area contributed by atoms with E-state index in [1.165, 1.54) is 0 Å². The van der Waals surface area contributed by atoms with Crippen LogP contribution in [0.1, 0.15) is 31.9 Å². The quantitative estimate of drug-likeness (QED) is 0.873. The highest BCUT2D eigenvalue weighted by Crippen LogP contribution is 2.25. The van der Waals surface area contributed by atoms with Gasteiger partial charge in [0.2, 0.25) is 5.91 Å². The Bertz CT molecular complexity index is 473. The van der Waals surface area contributed by atoms with Crippen molar-refractivity contribution in [2.24, 2.45) is 0 Å². The molecule has 1 aromatic rings. The lowest BCUT2D eigenvalue weighted by Crippen LogP contribution is -2.48. The van der Waals surface area contributed by atoms with E-state index in [0.29, 0.717) is 13.0 Å². The Morgan fingerprint density at radius 2 is 2.09 bits per heavy atom. The van der Waals surface area contributed by atoms with Crippen LogP contribution < -0.4 is 10.1 Å². The number of carbonyl (C=O) groups excluding carboxylic acids is 1. The fourth-order valence-electron chi connectivity index (χ4n) is 2.67. The maximum atomic E-state index is 12.3. The number of carbonyl (C=O) groups is 1. The lowest BCUT2D eigenvalue weighted by Gasteiger charge is -2.36. The van der Waals surface area contributed by atoms with Crippen molar-refractivity contribution in [2.75, 3.05) is 33.4 Å². The Labute approximate surface area is 132 Å². The third-order valence-electron chi connectivity index (χ3n) is 3.72. The van der Waals surface area contributed by atoms with Gasteiger partial charge >= 0.3 is 0 Å². The number of hydrogen-bond donors (Lipinski definition) is 1. The summed E-state index contributed by atoms with van der Waals surface area (Å²) in [6.45, 7) is 6.84. The van der Waals surface area contributed by atoms with Gasteiger partial charge in [0.15, 0.2) is 0 Å². The largest absolute Gasteiger partial charge is 0.491 e. The molecule has 1 heterocycles. The van der Waals surface area contributed by atoms with Crippen molar-refractivity contribution in [1.82, 2.24) is 10.2 Å². The summed E-state index contributed by atoms with van der Waals surface area (Å²) in [5.41, 5.74) is 1.13. The summed E-state index contributed by atoms with van der Waals surface area (Å²) in [5.74, 6) is 1.01. The molecule has 122 valence electrons. The van der Waals surface area contributed by atoms with Gasteiger partial charge in [-0.25, -0.2) is 0 Å². The number of methoxy groups -OCH3 is 1. The van der Waals surface area contributed by atoms with Gasteiger partial charge < -0.3 is 19.7 Å². The molecule has 1 aliphatic heterocycles.